The van der Waals surface area contributed by atoms with Crippen molar-refractivity contribution in [1.82, 2.24) is 0 Å². The lowest BCUT2D eigenvalue weighted by Gasteiger charge is -2.09. The van der Waals surface area contributed by atoms with E-state index in [0.717, 1.165) is 0 Å². The van der Waals surface area contributed by atoms with Gasteiger partial charge in [0.2, 0.25) is 0 Å². The van der Waals surface area contributed by atoms with E-state index in [1.165, 1.54) is 6.26 Å². The van der Waals surface area contributed by atoms with Crippen molar-refractivity contribution in [3.05, 3.63) is 93.3 Å². The quantitative estimate of drug-likeness (QED) is 0.427. The summed E-state index contributed by atoms with van der Waals surface area (Å²) in [5, 5.41) is 4.12. The number of hydrogen-bond donors (Lipinski definition) is 1. The second kappa shape index (κ2) is 8.61. The van der Waals surface area contributed by atoms with E-state index in [9.17, 15) is 9.59 Å². The lowest BCUT2D eigenvalue weighted by molar-refractivity contribution is -0.118. The summed E-state index contributed by atoms with van der Waals surface area (Å²) in [6, 6.07) is 18.7. The van der Waals surface area contributed by atoms with Crippen LogP contribution in [-0.4, -0.2) is 12.5 Å². The molecule has 0 aliphatic rings. The zero-order valence-corrected chi connectivity index (χ0v) is 17.0. The van der Waals surface area contributed by atoms with Crippen LogP contribution in [0.4, 0.5) is 5.69 Å². The molecule has 5 nitrogen and oxygen atoms in total. The van der Waals surface area contributed by atoms with Crippen LogP contribution in [0.5, 0.6) is 5.75 Å². The van der Waals surface area contributed by atoms with Crippen LogP contribution >= 0.6 is 23.2 Å². The van der Waals surface area contributed by atoms with E-state index >= 15 is 0 Å². The molecule has 4 rings (SSSR count). The number of rotatable bonds is 5. The van der Waals surface area contributed by atoms with Crippen molar-refractivity contribution in [3.63, 3.8) is 0 Å². The van der Waals surface area contributed by atoms with Crippen LogP contribution < -0.4 is 15.5 Å². The van der Waals surface area contributed by atoms with E-state index in [4.69, 9.17) is 32.4 Å². The van der Waals surface area contributed by atoms with E-state index in [0.29, 0.717) is 43.6 Å². The molecule has 1 heterocycles. The first-order valence-corrected chi connectivity index (χ1v) is 9.75. The lowest BCUT2D eigenvalue weighted by atomic mass is 10.1. The third-order valence-corrected chi connectivity index (χ3v) is 5.00. The lowest BCUT2D eigenvalue weighted by Crippen LogP contribution is -2.20. The number of hydrogen-bond acceptors (Lipinski definition) is 4. The minimum absolute atomic E-state index is 0.165. The number of carbonyl (C=O) groups is 1. The van der Waals surface area contributed by atoms with Crippen molar-refractivity contribution in [2.45, 2.75) is 0 Å². The molecule has 0 saturated heterocycles. The molecular weight excluding hydrogens is 425 g/mol. The average molecular weight is 440 g/mol. The summed E-state index contributed by atoms with van der Waals surface area (Å²) in [6.45, 7) is -0.218. The highest BCUT2D eigenvalue weighted by Gasteiger charge is 2.11. The summed E-state index contributed by atoms with van der Waals surface area (Å²) in [5.41, 5.74) is 1.86. The molecule has 3 aromatic carbocycles. The third-order valence-electron chi connectivity index (χ3n) is 4.42. The van der Waals surface area contributed by atoms with Gasteiger partial charge in [0, 0.05) is 11.1 Å². The summed E-state index contributed by atoms with van der Waals surface area (Å²) >= 11 is 11.9. The molecule has 150 valence electrons. The Bertz CT molecular complexity index is 1280. The number of halogens is 2. The monoisotopic (exact) mass is 439 g/mol. The second-order valence-electron chi connectivity index (χ2n) is 6.46. The summed E-state index contributed by atoms with van der Waals surface area (Å²) in [5.74, 6) is 0.0435. The third kappa shape index (κ3) is 4.32. The number of ether oxygens (including phenoxy) is 1. The summed E-state index contributed by atoms with van der Waals surface area (Å²) in [6.07, 6.45) is 1.40. The fourth-order valence-electron chi connectivity index (χ4n) is 2.92. The van der Waals surface area contributed by atoms with Gasteiger partial charge in [-0.05, 0) is 42.0 Å². The van der Waals surface area contributed by atoms with Crippen molar-refractivity contribution in [2.75, 3.05) is 11.9 Å². The number of para-hydroxylation sites is 1. The van der Waals surface area contributed by atoms with Gasteiger partial charge in [-0.25, -0.2) is 0 Å². The fourth-order valence-corrected chi connectivity index (χ4v) is 3.23. The first-order valence-electron chi connectivity index (χ1n) is 9.00. The van der Waals surface area contributed by atoms with Gasteiger partial charge in [-0.1, -0.05) is 47.5 Å². The van der Waals surface area contributed by atoms with E-state index in [-0.39, 0.29) is 17.9 Å². The Hall–Kier alpha value is -3.28. The Morgan fingerprint density at radius 3 is 2.53 bits per heavy atom. The molecule has 1 N–H and O–H groups in total. The van der Waals surface area contributed by atoms with Crippen molar-refractivity contribution in [2.24, 2.45) is 0 Å². The first-order chi connectivity index (χ1) is 14.5. The van der Waals surface area contributed by atoms with Gasteiger partial charge < -0.3 is 14.5 Å². The number of carbonyl (C=O) groups excluding carboxylic acids is 1. The van der Waals surface area contributed by atoms with Gasteiger partial charge in [-0.15, -0.1) is 0 Å². The van der Waals surface area contributed by atoms with Crippen LogP contribution in [0.25, 0.3) is 22.1 Å². The van der Waals surface area contributed by atoms with Crippen molar-refractivity contribution in [3.8, 4) is 16.9 Å². The predicted octanol–water partition coefficient (Wildman–Crippen LogP) is 5.78. The molecule has 0 fully saturated rings. The van der Waals surface area contributed by atoms with Crippen LogP contribution in [0.15, 0.2) is 82.2 Å². The smallest absolute Gasteiger partial charge is 0.262 e. The van der Waals surface area contributed by atoms with Gasteiger partial charge in [0.25, 0.3) is 5.91 Å². The molecule has 1 amide bonds. The number of fused-ring (bicyclic) bond motifs is 1. The first kappa shape index (κ1) is 20.0. The van der Waals surface area contributed by atoms with Gasteiger partial charge in [-0.3, -0.25) is 9.59 Å². The van der Waals surface area contributed by atoms with Gasteiger partial charge >= 0.3 is 0 Å². The normalized spacial score (nSPS) is 10.7. The molecule has 0 radical (unpaired) electrons. The zero-order chi connectivity index (χ0) is 21.1. The number of benzene rings is 3. The average Bonchev–Trinajstić information content (AvgIpc) is 2.75. The van der Waals surface area contributed by atoms with Gasteiger partial charge in [0.1, 0.15) is 17.6 Å². The van der Waals surface area contributed by atoms with Crippen molar-refractivity contribution in [1.29, 1.82) is 0 Å². The van der Waals surface area contributed by atoms with E-state index in [1.54, 1.807) is 66.7 Å². The Morgan fingerprint density at radius 2 is 1.77 bits per heavy atom. The molecule has 1 aromatic heterocycles. The molecule has 0 aliphatic heterocycles. The molecule has 4 aromatic rings. The highest BCUT2D eigenvalue weighted by atomic mass is 35.5. The number of nitrogens with one attached hydrogen (secondary N) is 1. The maximum absolute atomic E-state index is 12.8. The Labute approximate surface area is 181 Å². The summed E-state index contributed by atoms with van der Waals surface area (Å²) < 4.78 is 11.2. The van der Waals surface area contributed by atoms with Crippen LogP contribution in [0.2, 0.25) is 10.0 Å². The van der Waals surface area contributed by atoms with Crippen LogP contribution in [0, 0.1) is 0 Å². The molecule has 0 atom stereocenters. The standard InChI is InChI=1S/C23H15Cl2NO4/c24-15-7-5-14(6-8-15)18-12-30-21-11-16(9-10-17(21)23(18)28)29-13-22(27)26-20-4-2-1-3-19(20)25/h1-12H,13H2,(H,26,27). The molecule has 7 heteroatoms. The van der Waals surface area contributed by atoms with Crippen LogP contribution in [0.3, 0.4) is 0 Å². The molecule has 0 unspecified atom stereocenters. The minimum Gasteiger partial charge on any atom is -0.484 e. The van der Waals surface area contributed by atoms with Crippen molar-refractivity contribution < 1.29 is 13.9 Å². The van der Waals surface area contributed by atoms with Gasteiger partial charge in [0.05, 0.1) is 21.7 Å². The van der Waals surface area contributed by atoms with Gasteiger partial charge in [0.15, 0.2) is 12.0 Å². The van der Waals surface area contributed by atoms with E-state index in [2.05, 4.69) is 5.32 Å². The Kier molecular flexibility index (Phi) is 5.74. The summed E-state index contributed by atoms with van der Waals surface area (Å²) in [4.78, 5) is 24.9. The number of amides is 1. The molecule has 0 saturated carbocycles. The highest BCUT2D eigenvalue weighted by Crippen LogP contribution is 2.24. The molecular formula is C23H15Cl2NO4. The predicted molar refractivity (Wildman–Crippen MR) is 119 cm³/mol. The molecule has 0 bridgehead atoms. The largest absolute Gasteiger partial charge is 0.484 e. The fraction of sp³-hybridized carbons (Fsp3) is 0.0435. The van der Waals surface area contributed by atoms with Crippen LogP contribution in [0.1, 0.15) is 0 Å². The highest BCUT2D eigenvalue weighted by molar-refractivity contribution is 6.33. The molecule has 0 aliphatic carbocycles. The topological polar surface area (TPSA) is 68.5 Å². The SMILES string of the molecule is O=C(COc1ccc2c(=O)c(-c3ccc(Cl)cc3)coc2c1)Nc1ccccc1Cl. The van der Waals surface area contributed by atoms with Crippen molar-refractivity contribution >= 4 is 45.8 Å². The summed E-state index contributed by atoms with van der Waals surface area (Å²) in [7, 11) is 0. The minimum atomic E-state index is -0.359. The van der Waals surface area contributed by atoms with E-state index in [1.807, 2.05) is 0 Å². The van der Waals surface area contributed by atoms with E-state index < -0.39 is 0 Å². The Morgan fingerprint density at radius 1 is 1.00 bits per heavy atom. The maximum Gasteiger partial charge on any atom is 0.262 e. The second-order valence-corrected chi connectivity index (χ2v) is 7.30. The van der Waals surface area contributed by atoms with Crippen LogP contribution in [-0.2, 0) is 4.79 Å². The Balaban J connectivity index is 1.50. The maximum atomic E-state index is 12.8. The zero-order valence-electron chi connectivity index (χ0n) is 15.5. The van der Waals surface area contributed by atoms with Gasteiger partial charge in [-0.2, -0.15) is 0 Å². The molecule has 0 spiro atoms. The number of anilines is 1. The molecule has 30 heavy (non-hydrogen) atoms.